The van der Waals surface area contributed by atoms with Crippen LogP contribution in [0.1, 0.15) is 20.8 Å². The largest absolute Gasteiger partial charge is 0.374 e. The first kappa shape index (κ1) is 13.1. The minimum atomic E-state index is -3.71. The lowest BCUT2D eigenvalue weighted by atomic mass is 10.2. The number of ether oxygens (including phenoxy) is 1. The van der Waals surface area contributed by atoms with Gasteiger partial charge in [-0.05, 0) is 20.8 Å². The molecule has 0 unspecified atom stereocenters. The second kappa shape index (κ2) is 4.52. The molecule has 0 aliphatic heterocycles. The van der Waals surface area contributed by atoms with Crippen LogP contribution in [-0.2, 0) is 21.3 Å². The normalized spacial score (nSPS) is 13.0. The van der Waals surface area contributed by atoms with Crippen molar-refractivity contribution in [2.75, 3.05) is 6.61 Å². The Balaban J connectivity index is 2.54. The first-order valence-electron chi connectivity index (χ1n) is 4.87. The van der Waals surface area contributed by atoms with E-state index in [0.717, 1.165) is 0 Å². The summed E-state index contributed by atoms with van der Waals surface area (Å²) in [6, 6.07) is 0. The number of primary sulfonamides is 1. The molecule has 7 heteroatoms. The van der Waals surface area contributed by atoms with Crippen LogP contribution in [-0.4, -0.2) is 30.2 Å². The van der Waals surface area contributed by atoms with Gasteiger partial charge in [0, 0.05) is 12.7 Å². The smallest absolute Gasteiger partial charge is 0.257 e. The van der Waals surface area contributed by atoms with Crippen molar-refractivity contribution in [1.29, 1.82) is 0 Å². The third-order valence-corrected chi connectivity index (χ3v) is 2.58. The maximum atomic E-state index is 10.9. The maximum absolute atomic E-state index is 10.9. The summed E-state index contributed by atoms with van der Waals surface area (Å²) in [4.78, 5) is 3.70. The van der Waals surface area contributed by atoms with Gasteiger partial charge in [-0.25, -0.2) is 18.5 Å². The first-order chi connectivity index (χ1) is 7.18. The molecule has 1 aromatic rings. The standard InChI is InChI=1S/C9H17N3O3S/c1-9(2,3)15-5-4-12-6-8(11-7-12)16(10,13)14/h6-7H,4-5H2,1-3H3,(H2,10,13,14). The molecule has 0 aromatic carbocycles. The number of rotatable bonds is 4. The molecule has 1 heterocycles. The van der Waals surface area contributed by atoms with E-state index >= 15 is 0 Å². The van der Waals surface area contributed by atoms with Crippen LogP contribution in [0.2, 0.25) is 0 Å². The van der Waals surface area contributed by atoms with Crippen LogP contribution in [0, 0.1) is 0 Å². The molecule has 0 atom stereocenters. The quantitative estimate of drug-likeness (QED) is 0.831. The van der Waals surface area contributed by atoms with Crippen molar-refractivity contribution < 1.29 is 13.2 Å². The van der Waals surface area contributed by atoms with Crippen LogP contribution in [0.5, 0.6) is 0 Å². The summed E-state index contributed by atoms with van der Waals surface area (Å²) in [7, 11) is -3.71. The monoisotopic (exact) mass is 247 g/mol. The Hall–Kier alpha value is -0.920. The highest BCUT2D eigenvalue weighted by Gasteiger charge is 2.12. The van der Waals surface area contributed by atoms with E-state index in [0.29, 0.717) is 13.2 Å². The Kier molecular flexibility index (Phi) is 3.72. The average molecular weight is 247 g/mol. The Morgan fingerprint density at radius 1 is 1.50 bits per heavy atom. The molecule has 0 aliphatic carbocycles. The fourth-order valence-electron chi connectivity index (χ4n) is 1.07. The van der Waals surface area contributed by atoms with Gasteiger partial charge < -0.3 is 9.30 Å². The molecule has 0 saturated heterocycles. The Bertz CT molecular complexity index is 445. The summed E-state index contributed by atoms with van der Waals surface area (Å²) in [5, 5.41) is 4.81. The van der Waals surface area contributed by atoms with E-state index in [9.17, 15) is 8.42 Å². The fourth-order valence-corrected chi connectivity index (χ4v) is 1.54. The van der Waals surface area contributed by atoms with Crippen molar-refractivity contribution in [2.24, 2.45) is 5.14 Å². The summed E-state index contributed by atoms with van der Waals surface area (Å²) in [5.41, 5.74) is -0.205. The molecule has 0 amide bonds. The lowest BCUT2D eigenvalue weighted by molar-refractivity contribution is -0.00685. The zero-order valence-corrected chi connectivity index (χ0v) is 10.5. The molecule has 1 aromatic heterocycles. The molecular formula is C9H17N3O3S. The van der Waals surface area contributed by atoms with Gasteiger partial charge in [-0.2, -0.15) is 0 Å². The van der Waals surface area contributed by atoms with E-state index in [4.69, 9.17) is 9.88 Å². The molecule has 0 spiro atoms. The minimum absolute atomic E-state index is 0.122. The molecule has 6 nitrogen and oxygen atoms in total. The lowest BCUT2D eigenvalue weighted by Crippen LogP contribution is -2.21. The van der Waals surface area contributed by atoms with E-state index < -0.39 is 10.0 Å². The third kappa shape index (κ3) is 4.30. The van der Waals surface area contributed by atoms with Gasteiger partial charge in [-0.3, -0.25) is 0 Å². The van der Waals surface area contributed by atoms with E-state index in [-0.39, 0.29) is 10.6 Å². The molecular weight excluding hydrogens is 230 g/mol. The van der Waals surface area contributed by atoms with Crippen molar-refractivity contribution in [3.63, 3.8) is 0 Å². The predicted octanol–water partition coefficient (Wildman–Crippen LogP) is 0.346. The predicted molar refractivity (Wildman–Crippen MR) is 59.3 cm³/mol. The van der Waals surface area contributed by atoms with Gasteiger partial charge in [0.1, 0.15) is 0 Å². The topological polar surface area (TPSA) is 87.2 Å². The van der Waals surface area contributed by atoms with Gasteiger partial charge in [0.05, 0.1) is 18.5 Å². The Morgan fingerprint density at radius 2 is 2.12 bits per heavy atom. The summed E-state index contributed by atoms with van der Waals surface area (Å²) >= 11 is 0. The van der Waals surface area contributed by atoms with Crippen LogP contribution in [0.25, 0.3) is 0 Å². The zero-order chi connectivity index (χ0) is 12.4. The molecule has 0 fully saturated rings. The first-order valence-corrected chi connectivity index (χ1v) is 6.42. The highest BCUT2D eigenvalue weighted by atomic mass is 32.2. The van der Waals surface area contributed by atoms with Crippen LogP contribution < -0.4 is 5.14 Å². The number of hydrogen-bond donors (Lipinski definition) is 1. The number of hydrogen-bond acceptors (Lipinski definition) is 4. The highest BCUT2D eigenvalue weighted by molar-refractivity contribution is 7.89. The number of imidazole rings is 1. The molecule has 0 aliphatic rings. The minimum Gasteiger partial charge on any atom is -0.374 e. The number of sulfonamides is 1. The Morgan fingerprint density at radius 3 is 2.56 bits per heavy atom. The van der Waals surface area contributed by atoms with Crippen LogP contribution in [0.3, 0.4) is 0 Å². The van der Waals surface area contributed by atoms with E-state index in [2.05, 4.69) is 4.98 Å². The van der Waals surface area contributed by atoms with Crippen molar-refractivity contribution in [1.82, 2.24) is 9.55 Å². The lowest BCUT2D eigenvalue weighted by Gasteiger charge is -2.19. The van der Waals surface area contributed by atoms with Crippen LogP contribution in [0.4, 0.5) is 0 Å². The summed E-state index contributed by atoms with van der Waals surface area (Å²) < 4.78 is 29.0. The van der Waals surface area contributed by atoms with Gasteiger partial charge in [-0.15, -0.1) is 0 Å². The fraction of sp³-hybridized carbons (Fsp3) is 0.667. The van der Waals surface area contributed by atoms with Gasteiger partial charge in [0.25, 0.3) is 10.0 Å². The van der Waals surface area contributed by atoms with Crippen molar-refractivity contribution >= 4 is 10.0 Å². The van der Waals surface area contributed by atoms with Crippen molar-refractivity contribution in [3.8, 4) is 0 Å². The second-order valence-corrected chi connectivity index (χ2v) is 5.96. The van der Waals surface area contributed by atoms with Crippen molar-refractivity contribution in [3.05, 3.63) is 12.5 Å². The van der Waals surface area contributed by atoms with Crippen LogP contribution in [0.15, 0.2) is 17.6 Å². The third-order valence-electron chi connectivity index (χ3n) is 1.79. The highest BCUT2D eigenvalue weighted by Crippen LogP contribution is 2.07. The zero-order valence-electron chi connectivity index (χ0n) is 9.67. The van der Waals surface area contributed by atoms with E-state index in [1.54, 1.807) is 4.57 Å². The SMILES string of the molecule is CC(C)(C)OCCn1cnc(S(N)(=O)=O)c1. The second-order valence-electron chi connectivity index (χ2n) is 4.46. The number of nitrogens with zero attached hydrogens (tertiary/aromatic N) is 2. The van der Waals surface area contributed by atoms with Gasteiger partial charge in [-0.1, -0.05) is 0 Å². The molecule has 1 rings (SSSR count). The summed E-state index contributed by atoms with van der Waals surface area (Å²) in [6.07, 6.45) is 2.81. The summed E-state index contributed by atoms with van der Waals surface area (Å²) in [6.45, 7) is 6.90. The van der Waals surface area contributed by atoms with Crippen molar-refractivity contribution in [2.45, 2.75) is 37.9 Å². The molecule has 16 heavy (non-hydrogen) atoms. The molecule has 0 radical (unpaired) electrons. The van der Waals surface area contributed by atoms with Gasteiger partial charge >= 0.3 is 0 Å². The average Bonchev–Trinajstić information content (AvgIpc) is 2.49. The summed E-state index contributed by atoms with van der Waals surface area (Å²) in [5.74, 6) is 0. The van der Waals surface area contributed by atoms with E-state index in [1.807, 2.05) is 20.8 Å². The molecule has 92 valence electrons. The number of nitrogens with two attached hydrogens (primary N) is 1. The molecule has 0 bridgehead atoms. The Labute approximate surface area is 95.5 Å². The van der Waals surface area contributed by atoms with Crippen LogP contribution >= 0.6 is 0 Å². The van der Waals surface area contributed by atoms with Gasteiger partial charge in [0.15, 0.2) is 5.03 Å². The van der Waals surface area contributed by atoms with Gasteiger partial charge in [0.2, 0.25) is 0 Å². The molecule has 2 N–H and O–H groups in total. The van der Waals surface area contributed by atoms with E-state index in [1.165, 1.54) is 12.5 Å². The number of aromatic nitrogens is 2. The maximum Gasteiger partial charge on any atom is 0.257 e. The molecule has 0 saturated carbocycles.